The first-order chi connectivity index (χ1) is 11.0. The molecule has 0 heterocycles. The summed E-state index contributed by atoms with van der Waals surface area (Å²) in [5, 5.41) is 0. The van der Waals surface area contributed by atoms with E-state index in [1.165, 1.54) is 77.4 Å². The fourth-order valence-corrected chi connectivity index (χ4v) is 2.49. The molecule has 0 amide bonds. The molecule has 2 heteroatoms. The Hall–Kier alpha value is -0.0100. The van der Waals surface area contributed by atoms with Crippen LogP contribution in [0.3, 0.4) is 0 Å². The molecule has 1 nitrogen and oxygen atoms in total. The van der Waals surface area contributed by atoms with Crippen molar-refractivity contribution in [3.8, 4) is 0 Å². The molecule has 0 spiro atoms. The molecule has 0 aromatic carbocycles. The molecular weight excluding hydrogens is 314 g/mol. The number of nitrogens with zero attached hydrogens (tertiary/aromatic N) is 1. The lowest BCUT2D eigenvalue weighted by molar-refractivity contribution is 0.261. The topological polar surface area (TPSA) is 3.24 Å². The van der Waals surface area contributed by atoms with Crippen molar-refractivity contribution in [2.24, 2.45) is 11.3 Å². The van der Waals surface area contributed by atoms with E-state index in [0.717, 1.165) is 5.92 Å². The molecule has 0 aromatic heterocycles. The summed E-state index contributed by atoms with van der Waals surface area (Å²) in [7, 11) is 0. The Balaban J connectivity index is 0. The molecule has 0 fully saturated rings. The lowest BCUT2D eigenvalue weighted by Crippen LogP contribution is -2.27. The molecule has 1 rings (SSSR count). The van der Waals surface area contributed by atoms with Gasteiger partial charge in [0.15, 0.2) is 0 Å². The van der Waals surface area contributed by atoms with Gasteiger partial charge in [0.05, 0.1) is 0 Å². The molecule has 24 heavy (non-hydrogen) atoms. The van der Waals surface area contributed by atoms with Gasteiger partial charge in [0.25, 0.3) is 0 Å². The highest BCUT2D eigenvalue weighted by molar-refractivity contribution is 5.85. The average Bonchev–Trinajstić information content (AvgIpc) is 3.37. The van der Waals surface area contributed by atoms with Gasteiger partial charge in [-0.3, -0.25) is 0 Å². The van der Waals surface area contributed by atoms with Gasteiger partial charge in [-0.25, -0.2) is 0 Å². The number of hydrogen-bond donors (Lipinski definition) is 0. The Morgan fingerprint density at radius 1 is 0.792 bits per heavy atom. The van der Waals surface area contributed by atoms with E-state index in [1.54, 1.807) is 0 Å². The zero-order valence-corrected chi connectivity index (χ0v) is 18.4. The molecule has 0 aromatic rings. The van der Waals surface area contributed by atoms with E-state index < -0.39 is 0 Å². The van der Waals surface area contributed by atoms with Gasteiger partial charge in [-0.05, 0) is 63.1 Å². The van der Waals surface area contributed by atoms with Gasteiger partial charge in [-0.1, -0.05) is 79.4 Å². The highest BCUT2D eigenvalue weighted by atomic mass is 35.5. The minimum absolute atomic E-state index is 0. The SMILES string of the molecule is CCC(C)(C)CCC1C=C1.CCCCN(CCCC)CCCC.Cl. The van der Waals surface area contributed by atoms with Crippen molar-refractivity contribution in [3.63, 3.8) is 0 Å². The standard InChI is InChI=1S/C12H27N.C10H18.ClH/c1-4-7-10-13(11-8-5-2)12-9-6-3;1-4-10(2,3)8-7-9-5-6-9;/h4-12H2,1-3H3;5-6,9H,4,7-8H2,1-3H3;1H. The largest absolute Gasteiger partial charge is 0.303 e. The lowest BCUT2D eigenvalue weighted by Gasteiger charge is -2.21. The van der Waals surface area contributed by atoms with Crippen molar-refractivity contribution in [2.45, 2.75) is 99.3 Å². The molecule has 0 radical (unpaired) electrons. The van der Waals surface area contributed by atoms with Crippen LogP contribution >= 0.6 is 12.4 Å². The monoisotopic (exact) mass is 359 g/mol. The first-order valence-corrected chi connectivity index (χ1v) is 10.4. The first-order valence-electron chi connectivity index (χ1n) is 10.4. The maximum atomic E-state index is 2.64. The van der Waals surface area contributed by atoms with Crippen molar-refractivity contribution >= 4 is 12.4 Å². The second-order valence-corrected chi connectivity index (χ2v) is 8.01. The van der Waals surface area contributed by atoms with E-state index in [2.05, 4.69) is 58.6 Å². The summed E-state index contributed by atoms with van der Waals surface area (Å²) >= 11 is 0. The summed E-state index contributed by atoms with van der Waals surface area (Å²) in [6.45, 7) is 17.8. The van der Waals surface area contributed by atoms with Crippen molar-refractivity contribution in [1.82, 2.24) is 4.90 Å². The third-order valence-electron chi connectivity index (χ3n) is 5.06. The summed E-state index contributed by atoms with van der Waals surface area (Å²) in [5.41, 5.74) is 0.574. The van der Waals surface area contributed by atoms with Gasteiger partial charge in [0, 0.05) is 0 Å². The molecule has 0 bridgehead atoms. The highest BCUT2D eigenvalue weighted by Crippen LogP contribution is 2.32. The Kier molecular flexibility index (Phi) is 18.0. The fourth-order valence-electron chi connectivity index (χ4n) is 2.49. The van der Waals surface area contributed by atoms with E-state index in [-0.39, 0.29) is 12.4 Å². The van der Waals surface area contributed by atoms with E-state index in [9.17, 15) is 0 Å². The molecule has 146 valence electrons. The quantitative estimate of drug-likeness (QED) is 0.307. The normalized spacial score (nSPS) is 13.5. The molecule has 0 atom stereocenters. The van der Waals surface area contributed by atoms with Crippen LogP contribution in [0.4, 0.5) is 0 Å². The average molecular weight is 360 g/mol. The Morgan fingerprint density at radius 3 is 1.50 bits per heavy atom. The van der Waals surface area contributed by atoms with Crippen LogP contribution in [0, 0.1) is 11.3 Å². The molecule has 0 saturated heterocycles. The Bertz CT molecular complexity index is 261. The summed E-state index contributed by atoms with van der Waals surface area (Å²) in [5.74, 6) is 0.867. The van der Waals surface area contributed by atoms with Gasteiger partial charge in [-0.15, -0.1) is 12.4 Å². The number of rotatable bonds is 13. The third-order valence-corrected chi connectivity index (χ3v) is 5.06. The third kappa shape index (κ3) is 16.8. The number of halogens is 1. The Morgan fingerprint density at radius 2 is 1.21 bits per heavy atom. The van der Waals surface area contributed by atoms with E-state index in [0.29, 0.717) is 5.41 Å². The van der Waals surface area contributed by atoms with Crippen LogP contribution in [-0.2, 0) is 0 Å². The minimum Gasteiger partial charge on any atom is -0.303 e. The van der Waals surface area contributed by atoms with Crippen molar-refractivity contribution < 1.29 is 0 Å². The van der Waals surface area contributed by atoms with Crippen LogP contribution in [0.2, 0.25) is 0 Å². The molecule has 0 aliphatic heterocycles. The maximum Gasteiger partial charge on any atom is -0.00188 e. The fraction of sp³-hybridized carbons (Fsp3) is 0.909. The molecule has 1 aliphatic rings. The minimum atomic E-state index is 0. The van der Waals surface area contributed by atoms with E-state index in [1.807, 2.05) is 0 Å². The van der Waals surface area contributed by atoms with Gasteiger partial charge in [0.2, 0.25) is 0 Å². The van der Waals surface area contributed by atoms with Crippen molar-refractivity contribution in [3.05, 3.63) is 12.2 Å². The van der Waals surface area contributed by atoms with Crippen LogP contribution in [0.15, 0.2) is 12.2 Å². The summed E-state index contributed by atoms with van der Waals surface area (Å²) in [4.78, 5) is 2.64. The van der Waals surface area contributed by atoms with Gasteiger partial charge in [-0.2, -0.15) is 0 Å². The smallest absolute Gasteiger partial charge is 0.00188 e. The van der Waals surface area contributed by atoms with E-state index >= 15 is 0 Å². The zero-order chi connectivity index (χ0) is 17.6. The zero-order valence-electron chi connectivity index (χ0n) is 17.6. The van der Waals surface area contributed by atoms with Crippen LogP contribution in [-0.4, -0.2) is 24.5 Å². The second-order valence-electron chi connectivity index (χ2n) is 8.01. The summed E-state index contributed by atoms with van der Waals surface area (Å²) < 4.78 is 0. The number of unbranched alkanes of at least 4 members (excludes halogenated alkanes) is 3. The molecule has 0 saturated carbocycles. The second kappa shape index (κ2) is 16.5. The maximum absolute atomic E-state index is 2.64. The predicted molar refractivity (Wildman–Crippen MR) is 114 cm³/mol. The van der Waals surface area contributed by atoms with Crippen molar-refractivity contribution in [2.75, 3.05) is 19.6 Å². The molecule has 0 unspecified atom stereocenters. The first kappa shape index (κ1) is 26.2. The van der Waals surface area contributed by atoms with Gasteiger partial charge in [0.1, 0.15) is 0 Å². The number of hydrogen-bond acceptors (Lipinski definition) is 1. The van der Waals surface area contributed by atoms with Crippen LogP contribution in [0.1, 0.15) is 99.3 Å². The predicted octanol–water partition coefficient (Wildman–Crippen LogP) is 7.50. The van der Waals surface area contributed by atoms with Crippen LogP contribution in [0.5, 0.6) is 0 Å². The van der Waals surface area contributed by atoms with Gasteiger partial charge >= 0.3 is 0 Å². The number of allylic oxidation sites excluding steroid dienone is 2. The van der Waals surface area contributed by atoms with E-state index in [4.69, 9.17) is 0 Å². The van der Waals surface area contributed by atoms with Crippen LogP contribution < -0.4 is 0 Å². The molecule has 0 N–H and O–H groups in total. The highest BCUT2D eigenvalue weighted by Gasteiger charge is 2.18. The lowest BCUT2D eigenvalue weighted by atomic mass is 9.84. The van der Waals surface area contributed by atoms with Gasteiger partial charge < -0.3 is 4.90 Å². The molecular formula is C22H46ClN. The summed E-state index contributed by atoms with van der Waals surface area (Å²) in [6.07, 6.45) is 16.7. The van der Waals surface area contributed by atoms with Crippen molar-refractivity contribution in [1.29, 1.82) is 0 Å². The summed E-state index contributed by atoms with van der Waals surface area (Å²) in [6, 6.07) is 0. The Labute approximate surface area is 160 Å². The van der Waals surface area contributed by atoms with Crippen LogP contribution in [0.25, 0.3) is 0 Å². The molecule has 1 aliphatic carbocycles.